The molecule has 0 radical (unpaired) electrons. The number of halogens is 1. The van der Waals surface area contributed by atoms with Gasteiger partial charge in [0.1, 0.15) is 0 Å². The van der Waals surface area contributed by atoms with Crippen LogP contribution < -0.4 is 5.32 Å². The summed E-state index contributed by atoms with van der Waals surface area (Å²) in [5.41, 5.74) is 1.38. The van der Waals surface area contributed by atoms with Crippen molar-refractivity contribution in [2.24, 2.45) is 0 Å². The van der Waals surface area contributed by atoms with Crippen LogP contribution in [0.25, 0.3) is 0 Å². The van der Waals surface area contributed by atoms with Crippen LogP contribution in [0.15, 0.2) is 59.1 Å². The molecule has 0 fully saturated rings. The Morgan fingerprint density at radius 2 is 1.73 bits per heavy atom. The van der Waals surface area contributed by atoms with Gasteiger partial charge in [-0.25, -0.2) is 4.79 Å². The van der Waals surface area contributed by atoms with Crippen LogP contribution in [0.2, 0.25) is 0 Å². The lowest BCUT2D eigenvalue weighted by Crippen LogP contribution is -2.35. The fraction of sp³-hybridized carbons (Fsp3) is 0.176. The zero-order valence-electron chi connectivity index (χ0n) is 12.1. The van der Waals surface area contributed by atoms with E-state index < -0.39 is 12.1 Å². The van der Waals surface area contributed by atoms with Crippen molar-refractivity contribution in [3.63, 3.8) is 0 Å². The van der Waals surface area contributed by atoms with Crippen molar-refractivity contribution < 1.29 is 14.3 Å². The van der Waals surface area contributed by atoms with E-state index in [-0.39, 0.29) is 5.91 Å². The second-order valence-electron chi connectivity index (χ2n) is 4.73. The van der Waals surface area contributed by atoms with E-state index in [1.54, 1.807) is 31.2 Å². The Morgan fingerprint density at radius 3 is 2.41 bits per heavy atom. The van der Waals surface area contributed by atoms with Crippen LogP contribution >= 0.6 is 15.9 Å². The molecule has 114 valence electrons. The first-order valence-electron chi connectivity index (χ1n) is 6.85. The van der Waals surface area contributed by atoms with Gasteiger partial charge in [-0.2, -0.15) is 0 Å². The van der Waals surface area contributed by atoms with Gasteiger partial charge in [-0.3, -0.25) is 4.79 Å². The van der Waals surface area contributed by atoms with Gasteiger partial charge < -0.3 is 10.1 Å². The second-order valence-corrected chi connectivity index (χ2v) is 5.59. The molecule has 22 heavy (non-hydrogen) atoms. The summed E-state index contributed by atoms with van der Waals surface area (Å²) in [7, 11) is 0. The van der Waals surface area contributed by atoms with Gasteiger partial charge in [0.15, 0.2) is 6.10 Å². The van der Waals surface area contributed by atoms with Crippen LogP contribution in [0.3, 0.4) is 0 Å². The maximum absolute atomic E-state index is 12.0. The average molecular weight is 362 g/mol. The Hall–Kier alpha value is -2.14. The van der Waals surface area contributed by atoms with Gasteiger partial charge in [-0.1, -0.05) is 42.5 Å². The third-order valence-electron chi connectivity index (χ3n) is 3.06. The molecule has 1 atom stereocenters. The second kappa shape index (κ2) is 7.75. The maximum atomic E-state index is 12.0. The third-order valence-corrected chi connectivity index (χ3v) is 3.75. The predicted octanol–water partition coefficient (Wildman–Crippen LogP) is 3.31. The molecule has 2 aromatic carbocycles. The first-order valence-corrected chi connectivity index (χ1v) is 7.64. The molecule has 1 N–H and O–H groups in total. The number of carbonyl (C=O) groups excluding carboxylic acids is 2. The number of benzene rings is 2. The summed E-state index contributed by atoms with van der Waals surface area (Å²) in [5, 5.41) is 2.74. The molecule has 1 amide bonds. The predicted molar refractivity (Wildman–Crippen MR) is 87.3 cm³/mol. The Bertz CT molecular complexity index is 658. The lowest BCUT2D eigenvalue weighted by Gasteiger charge is -2.14. The molecule has 4 nitrogen and oxygen atoms in total. The van der Waals surface area contributed by atoms with E-state index in [0.29, 0.717) is 16.6 Å². The minimum absolute atomic E-state index is 0.329. The van der Waals surface area contributed by atoms with Gasteiger partial charge in [-0.15, -0.1) is 0 Å². The zero-order valence-corrected chi connectivity index (χ0v) is 13.7. The monoisotopic (exact) mass is 361 g/mol. The van der Waals surface area contributed by atoms with Crippen molar-refractivity contribution in [3.8, 4) is 0 Å². The van der Waals surface area contributed by atoms with Crippen LogP contribution in [0.4, 0.5) is 0 Å². The fourth-order valence-electron chi connectivity index (χ4n) is 1.83. The first-order chi connectivity index (χ1) is 10.6. The molecule has 0 spiro atoms. The highest BCUT2D eigenvalue weighted by molar-refractivity contribution is 9.10. The molecule has 0 aliphatic rings. The molecule has 0 aliphatic heterocycles. The molecule has 2 aromatic rings. The van der Waals surface area contributed by atoms with Gasteiger partial charge in [0.25, 0.3) is 5.91 Å². The van der Waals surface area contributed by atoms with E-state index in [0.717, 1.165) is 5.56 Å². The van der Waals surface area contributed by atoms with E-state index in [2.05, 4.69) is 21.2 Å². The van der Waals surface area contributed by atoms with Crippen molar-refractivity contribution in [2.75, 3.05) is 0 Å². The molecule has 0 aromatic heterocycles. The summed E-state index contributed by atoms with van der Waals surface area (Å²) >= 11 is 3.28. The summed E-state index contributed by atoms with van der Waals surface area (Å²) in [5.74, 6) is -0.862. The highest BCUT2D eigenvalue weighted by atomic mass is 79.9. The summed E-state index contributed by atoms with van der Waals surface area (Å²) in [6.45, 7) is 1.95. The minimum atomic E-state index is -0.858. The molecular weight excluding hydrogens is 346 g/mol. The van der Waals surface area contributed by atoms with Gasteiger partial charge in [0.05, 0.1) is 5.56 Å². The SMILES string of the molecule is C[C@H](OC(=O)c1ccccc1Br)C(=O)NCc1ccccc1. The molecular formula is C17H16BrNO3. The van der Waals surface area contributed by atoms with Crippen LogP contribution in [-0.2, 0) is 16.1 Å². The average Bonchev–Trinajstić information content (AvgIpc) is 2.53. The highest BCUT2D eigenvalue weighted by Crippen LogP contribution is 2.17. The Morgan fingerprint density at radius 1 is 1.09 bits per heavy atom. The van der Waals surface area contributed by atoms with Crippen LogP contribution in [0, 0.1) is 0 Å². The molecule has 2 rings (SSSR count). The Balaban J connectivity index is 1.89. The minimum Gasteiger partial charge on any atom is -0.449 e. The maximum Gasteiger partial charge on any atom is 0.340 e. The normalized spacial score (nSPS) is 11.5. The number of rotatable bonds is 5. The topological polar surface area (TPSA) is 55.4 Å². The number of ether oxygens (including phenoxy) is 1. The van der Waals surface area contributed by atoms with Gasteiger partial charge >= 0.3 is 5.97 Å². The Labute approximate surface area is 137 Å². The number of carbonyl (C=O) groups is 2. The summed E-state index contributed by atoms with van der Waals surface area (Å²) < 4.78 is 5.82. The van der Waals surface area contributed by atoms with Crippen LogP contribution in [0.1, 0.15) is 22.8 Å². The van der Waals surface area contributed by atoms with Crippen molar-refractivity contribution in [1.82, 2.24) is 5.32 Å². The van der Waals surface area contributed by atoms with Crippen molar-refractivity contribution in [1.29, 1.82) is 0 Å². The molecule has 0 aliphatic carbocycles. The number of amides is 1. The van der Waals surface area contributed by atoms with Gasteiger partial charge in [0, 0.05) is 11.0 Å². The number of hydrogen-bond acceptors (Lipinski definition) is 3. The zero-order chi connectivity index (χ0) is 15.9. The lowest BCUT2D eigenvalue weighted by atomic mass is 10.2. The van der Waals surface area contributed by atoms with Crippen LogP contribution in [-0.4, -0.2) is 18.0 Å². The molecule has 5 heteroatoms. The van der Waals surface area contributed by atoms with Crippen molar-refractivity contribution in [2.45, 2.75) is 19.6 Å². The fourth-order valence-corrected chi connectivity index (χ4v) is 2.28. The molecule has 0 bridgehead atoms. The smallest absolute Gasteiger partial charge is 0.340 e. The van der Waals surface area contributed by atoms with E-state index in [1.165, 1.54) is 0 Å². The third kappa shape index (κ3) is 4.43. The van der Waals surface area contributed by atoms with E-state index in [1.807, 2.05) is 30.3 Å². The molecule has 0 heterocycles. The summed E-state index contributed by atoms with van der Waals surface area (Å²) in [6, 6.07) is 16.5. The van der Waals surface area contributed by atoms with E-state index in [9.17, 15) is 9.59 Å². The molecule has 0 saturated carbocycles. The van der Waals surface area contributed by atoms with E-state index >= 15 is 0 Å². The van der Waals surface area contributed by atoms with Crippen molar-refractivity contribution >= 4 is 27.8 Å². The highest BCUT2D eigenvalue weighted by Gasteiger charge is 2.19. The lowest BCUT2D eigenvalue weighted by molar-refractivity contribution is -0.129. The largest absolute Gasteiger partial charge is 0.449 e. The van der Waals surface area contributed by atoms with Crippen molar-refractivity contribution in [3.05, 3.63) is 70.2 Å². The molecule has 0 unspecified atom stereocenters. The summed E-state index contributed by atoms with van der Waals surface area (Å²) in [4.78, 5) is 24.0. The van der Waals surface area contributed by atoms with E-state index in [4.69, 9.17) is 4.74 Å². The number of hydrogen-bond donors (Lipinski definition) is 1. The quantitative estimate of drug-likeness (QED) is 0.831. The van der Waals surface area contributed by atoms with Crippen LogP contribution in [0.5, 0.6) is 0 Å². The Kier molecular flexibility index (Phi) is 5.72. The molecule has 0 saturated heterocycles. The standard InChI is InChI=1S/C17H16BrNO3/c1-12(16(20)19-11-13-7-3-2-4-8-13)22-17(21)14-9-5-6-10-15(14)18/h2-10,12H,11H2,1H3,(H,19,20)/t12-/m0/s1. The number of nitrogens with one attached hydrogen (secondary N) is 1. The number of esters is 1. The van der Waals surface area contributed by atoms with Gasteiger partial charge in [-0.05, 0) is 40.5 Å². The summed E-state index contributed by atoms with van der Waals surface area (Å²) in [6.07, 6.45) is -0.858. The first kappa shape index (κ1) is 16.2. The van der Waals surface area contributed by atoms with Gasteiger partial charge in [0.2, 0.25) is 0 Å².